The number of benzene rings is 3. The third-order valence-electron chi connectivity index (χ3n) is 5.30. The van der Waals surface area contributed by atoms with Gasteiger partial charge in [0.05, 0.1) is 0 Å². The van der Waals surface area contributed by atoms with Crippen LogP contribution in [-0.4, -0.2) is 17.3 Å². The Morgan fingerprint density at radius 1 is 0.562 bits per heavy atom. The molecule has 3 nitrogen and oxygen atoms in total. The van der Waals surface area contributed by atoms with E-state index in [0.717, 1.165) is 35.7 Å². The standard InChI is InChI=1S/C26H21Br3O3/c1-14(30)17-4-6-24(27)20(8-17)12-22-10-19(16(3)32)11-23(26(22)29)13-21-9-18(15(2)31)5-7-25(21)28/h4-11H,12-13H2,1-3H3. The van der Waals surface area contributed by atoms with E-state index in [9.17, 15) is 14.4 Å². The van der Waals surface area contributed by atoms with Gasteiger partial charge in [-0.2, -0.15) is 0 Å². The molecule has 0 fully saturated rings. The van der Waals surface area contributed by atoms with E-state index in [2.05, 4.69) is 47.8 Å². The van der Waals surface area contributed by atoms with Crippen molar-refractivity contribution < 1.29 is 14.4 Å². The Balaban J connectivity index is 2.08. The zero-order valence-corrected chi connectivity index (χ0v) is 22.6. The molecule has 0 aliphatic carbocycles. The Hall–Kier alpha value is -1.89. The van der Waals surface area contributed by atoms with Crippen LogP contribution in [0, 0.1) is 0 Å². The van der Waals surface area contributed by atoms with Crippen LogP contribution in [-0.2, 0) is 12.8 Å². The number of rotatable bonds is 7. The fraction of sp³-hybridized carbons (Fsp3) is 0.192. The second-order valence-electron chi connectivity index (χ2n) is 7.74. The van der Waals surface area contributed by atoms with E-state index in [1.165, 1.54) is 0 Å². The number of ketones is 3. The van der Waals surface area contributed by atoms with Gasteiger partial charge in [-0.05, 0) is 92.3 Å². The van der Waals surface area contributed by atoms with Crippen molar-refractivity contribution in [3.63, 3.8) is 0 Å². The normalized spacial score (nSPS) is 10.8. The first kappa shape index (κ1) is 24.7. The summed E-state index contributed by atoms with van der Waals surface area (Å²) in [4.78, 5) is 35.9. The zero-order chi connectivity index (χ0) is 23.6. The maximum atomic E-state index is 12.3. The topological polar surface area (TPSA) is 51.2 Å². The van der Waals surface area contributed by atoms with Crippen molar-refractivity contribution >= 4 is 65.1 Å². The molecule has 0 aromatic heterocycles. The molecule has 3 rings (SSSR count). The molecule has 0 spiro atoms. The minimum atomic E-state index is -0.0203. The summed E-state index contributed by atoms with van der Waals surface area (Å²) in [6.45, 7) is 4.64. The Labute approximate surface area is 213 Å². The first-order valence-corrected chi connectivity index (χ1v) is 12.4. The predicted molar refractivity (Wildman–Crippen MR) is 138 cm³/mol. The molecule has 0 aliphatic rings. The van der Waals surface area contributed by atoms with Crippen LogP contribution in [0.15, 0.2) is 61.9 Å². The van der Waals surface area contributed by atoms with Gasteiger partial charge in [0, 0.05) is 30.1 Å². The van der Waals surface area contributed by atoms with Crippen LogP contribution < -0.4 is 0 Å². The van der Waals surface area contributed by atoms with E-state index in [0.29, 0.717) is 29.5 Å². The quantitative estimate of drug-likeness (QED) is 0.254. The highest BCUT2D eigenvalue weighted by Gasteiger charge is 2.16. The van der Waals surface area contributed by atoms with Crippen molar-refractivity contribution in [1.82, 2.24) is 0 Å². The van der Waals surface area contributed by atoms with Crippen LogP contribution in [0.5, 0.6) is 0 Å². The highest BCUT2D eigenvalue weighted by atomic mass is 79.9. The monoisotopic (exact) mass is 618 g/mol. The molecule has 0 bridgehead atoms. The van der Waals surface area contributed by atoms with Gasteiger partial charge in [-0.25, -0.2) is 0 Å². The lowest BCUT2D eigenvalue weighted by Gasteiger charge is -2.15. The summed E-state index contributed by atoms with van der Waals surface area (Å²) in [7, 11) is 0. The number of carbonyl (C=O) groups excluding carboxylic acids is 3. The molecule has 0 radical (unpaired) electrons. The Morgan fingerprint density at radius 3 is 1.25 bits per heavy atom. The Morgan fingerprint density at radius 2 is 0.906 bits per heavy atom. The van der Waals surface area contributed by atoms with E-state index in [-0.39, 0.29) is 17.3 Å². The van der Waals surface area contributed by atoms with E-state index in [1.807, 2.05) is 36.4 Å². The van der Waals surface area contributed by atoms with E-state index in [1.54, 1.807) is 32.9 Å². The summed E-state index contributed by atoms with van der Waals surface area (Å²) in [5.41, 5.74) is 5.74. The van der Waals surface area contributed by atoms with Crippen LogP contribution in [0.25, 0.3) is 0 Å². The van der Waals surface area contributed by atoms with E-state index in [4.69, 9.17) is 0 Å². The van der Waals surface area contributed by atoms with Crippen LogP contribution in [0.3, 0.4) is 0 Å². The van der Waals surface area contributed by atoms with Crippen molar-refractivity contribution in [2.45, 2.75) is 33.6 Å². The molecule has 3 aromatic carbocycles. The van der Waals surface area contributed by atoms with Crippen LogP contribution in [0.4, 0.5) is 0 Å². The Bertz CT molecular complexity index is 1160. The fourth-order valence-electron chi connectivity index (χ4n) is 3.48. The molecule has 3 aromatic rings. The lowest BCUT2D eigenvalue weighted by atomic mass is 9.94. The average molecular weight is 621 g/mol. The Kier molecular flexibility index (Phi) is 8.01. The molecule has 0 heterocycles. The average Bonchev–Trinajstić information content (AvgIpc) is 2.73. The van der Waals surface area contributed by atoms with Crippen LogP contribution in [0.1, 0.15) is 74.1 Å². The van der Waals surface area contributed by atoms with Crippen molar-refractivity contribution in [1.29, 1.82) is 0 Å². The largest absolute Gasteiger partial charge is 0.295 e. The molecule has 0 atom stereocenters. The maximum absolute atomic E-state index is 12.3. The van der Waals surface area contributed by atoms with Gasteiger partial charge in [0.25, 0.3) is 0 Å². The molecule has 0 saturated heterocycles. The fourth-order valence-corrected chi connectivity index (χ4v) is 4.76. The second-order valence-corrected chi connectivity index (χ2v) is 10.2. The second kappa shape index (κ2) is 10.4. The molecule has 0 saturated carbocycles. The van der Waals surface area contributed by atoms with E-state index < -0.39 is 0 Å². The summed E-state index contributed by atoms with van der Waals surface area (Å²) in [5.74, 6) is -0.00880. The van der Waals surface area contributed by atoms with Gasteiger partial charge in [0.2, 0.25) is 0 Å². The maximum Gasteiger partial charge on any atom is 0.159 e. The number of hydrogen-bond acceptors (Lipinski definition) is 3. The molecular formula is C26H21Br3O3. The SMILES string of the molecule is CC(=O)c1ccc(Br)c(Cc2cc(C(C)=O)cc(Cc3cc(C(C)=O)ccc3Br)c2Br)c1. The van der Waals surface area contributed by atoms with Gasteiger partial charge in [-0.15, -0.1) is 0 Å². The first-order valence-electron chi connectivity index (χ1n) is 9.97. The van der Waals surface area contributed by atoms with Crippen molar-refractivity contribution in [3.05, 3.63) is 101 Å². The van der Waals surface area contributed by atoms with Gasteiger partial charge in [-0.3, -0.25) is 14.4 Å². The van der Waals surface area contributed by atoms with Gasteiger partial charge in [-0.1, -0.05) is 59.9 Å². The van der Waals surface area contributed by atoms with Gasteiger partial charge < -0.3 is 0 Å². The van der Waals surface area contributed by atoms with Gasteiger partial charge >= 0.3 is 0 Å². The minimum Gasteiger partial charge on any atom is -0.295 e. The summed E-state index contributed by atoms with van der Waals surface area (Å²) < 4.78 is 2.71. The highest BCUT2D eigenvalue weighted by molar-refractivity contribution is 9.11. The number of carbonyl (C=O) groups is 3. The number of hydrogen-bond donors (Lipinski definition) is 0. The summed E-state index contributed by atoms with van der Waals surface area (Å²) in [6, 6.07) is 14.9. The smallest absolute Gasteiger partial charge is 0.159 e. The molecule has 0 aliphatic heterocycles. The molecule has 6 heteroatoms. The van der Waals surface area contributed by atoms with Crippen molar-refractivity contribution in [2.24, 2.45) is 0 Å². The molecule has 0 amide bonds. The third kappa shape index (κ3) is 5.72. The zero-order valence-electron chi connectivity index (χ0n) is 17.9. The molecular weight excluding hydrogens is 600 g/mol. The first-order chi connectivity index (χ1) is 15.1. The van der Waals surface area contributed by atoms with Gasteiger partial charge in [0.1, 0.15) is 0 Å². The predicted octanol–water partition coefficient (Wildman–Crippen LogP) is 7.76. The van der Waals surface area contributed by atoms with E-state index >= 15 is 0 Å². The summed E-state index contributed by atoms with van der Waals surface area (Å²) in [5, 5.41) is 0. The lowest BCUT2D eigenvalue weighted by molar-refractivity contribution is 0.100. The van der Waals surface area contributed by atoms with Gasteiger partial charge in [0.15, 0.2) is 17.3 Å². The van der Waals surface area contributed by atoms with Crippen LogP contribution in [0.2, 0.25) is 0 Å². The number of Topliss-reactive ketones (excluding diaryl/α,β-unsaturated/α-hetero) is 3. The molecule has 32 heavy (non-hydrogen) atoms. The summed E-state index contributed by atoms with van der Waals surface area (Å²) >= 11 is 10.9. The van der Waals surface area contributed by atoms with Crippen LogP contribution >= 0.6 is 47.8 Å². The summed E-state index contributed by atoms with van der Waals surface area (Å²) in [6.07, 6.45) is 1.09. The third-order valence-corrected chi connectivity index (χ3v) is 7.86. The van der Waals surface area contributed by atoms with Crippen molar-refractivity contribution in [2.75, 3.05) is 0 Å². The highest BCUT2D eigenvalue weighted by Crippen LogP contribution is 2.32. The lowest BCUT2D eigenvalue weighted by Crippen LogP contribution is -2.04. The molecule has 0 N–H and O–H groups in total. The van der Waals surface area contributed by atoms with Crippen molar-refractivity contribution in [3.8, 4) is 0 Å². The molecule has 0 unspecified atom stereocenters. The molecule has 164 valence electrons. The number of halogens is 3. The minimum absolute atomic E-state index is 0.00574.